The van der Waals surface area contributed by atoms with E-state index < -0.39 is 6.04 Å². The summed E-state index contributed by atoms with van der Waals surface area (Å²) in [6.07, 6.45) is 3.33. The van der Waals surface area contributed by atoms with E-state index in [9.17, 15) is 14.0 Å². The molecular weight excluding hydrogens is 487 g/mol. The molecule has 1 saturated heterocycles. The van der Waals surface area contributed by atoms with Gasteiger partial charge in [0.05, 0.1) is 0 Å². The highest BCUT2D eigenvalue weighted by molar-refractivity contribution is 5.97. The van der Waals surface area contributed by atoms with Gasteiger partial charge in [0.2, 0.25) is 11.8 Å². The van der Waals surface area contributed by atoms with Gasteiger partial charge in [-0.25, -0.2) is 14.1 Å². The van der Waals surface area contributed by atoms with Gasteiger partial charge in [0.1, 0.15) is 42.6 Å². The SMILES string of the molecule is O=C(Nc1ccc(Oc2ccc(F)cc2)cc1)C1CC(NCc2ccccc2)CN1C(=O)Cn1cncn1. The fourth-order valence-electron chi connectivity index (χ4n) is 4.38. The van der Waals surface area contributed by atoms with Crippen LogP contribution in [0.15, 0.2) is 91.5 Å². The number of benzene rings is 3. The third-order valence-corrected chi connectivity index (χ3v) is 6.30. The molecule has 1 fully saturated rings. The summed E-state index contributed by atoms with van der Waals surface area (Å²) < 4.78 is 20.3. The predicted octanol–water partition coefficient (Wildman–Crippen LogP) is 3.61. The average Bonchev–Trinajstić information content (AvgIpc) is 3.61. The zero-order valence-corrected chi connectivity index (χ0v) is 20.5. The number of carbonyl (C=O) groups excluding carboxylic acids is 2. The first-order valence-electron chi connectivity index (χ1n) is 12.3. The van der Waals surface area contributed by atoms with Crippen molar-refractivity contribution in [3.05, 3.63) is 103 Å². The van der Waals surface area contributed by atoms with Gasteiger partial charge in [-0.15, -0.1) is 0 Å². The van der Waals surface area contributed by atoms with E-state index in [2.05, 4.69) is 20.7 Å². The molecule has 2 heterocycles. The molecule has 10 heteroatoms. The van der Waals surface area contributed by atoms with Gasteiger partial charge >= 0.3 is 0 Å². The molecule has 194 valence electrons. The molecule has 2 unspecified atom stereocenters. The number of halogens is 1. The molecule has 9 nitrogen and oxygen atoms in total. The fraction of sp³-hybridized carbons (Fsp3) is 0.214. The number of aromatic nitrogens is 3. The summed E-state index contributed by atoms with van der Waals surface area (Å²) in [6.45, 7) is 1.05. The number of nitrogens with one attached hydrogen (secondary N) is 2. The second kappa shape index (κ2) is 11.7. The summed E-state index contributed by atoms with van der Waals surface area (Å²) in [6, 6.07) is 21.9. The topological polar surface area (TPSA) is 101 Å². The number of carbonyl (C=O) groups is 2. The van der Waals surface area contributed by atoms with E-state index in [4.69, 9.17) is 4.74 Å². The van der Waals surface area contributed by atoms with Crippen molar-refractivity contribution in [1.82, 2.24) is 25.0 Å². The van der Waals surface area contributed by atoms with Gasteiger partial charge in [-0.2, -0.15) is 5.10 Å². The molecule has 0 saturated carbocycles. The number of hydrogen-bond donors (Lipinski definition) is 2. The van der Waals surface area contributed by atoms with Gasteiger partial charge < -0.3 is 20.3 Å². The molecule has 4 aromatic rings. The first kappa shape index (κ1) is 25.1. The molecule has 1 aliphatic rings. The molecule has 3 aromatic carbocycles. The molecule has 2 amide bonds. The van der Waals surface area contributed by atoms with Crippen molar-refractivity contribution >= 4 is 17.5 Å². The molecule has 2 N–H and O–H groups in total. The van der Waals surface area contributed by atoms with Crippen LogP contribution < -0.4 is 15.4 Å². The van der Waals surface area contributed by atoms with E-state index in [0.29, 0.717) is 36.7 Å². The Bertz CT molecular complexity index is 1350. The Labute approximate surface area is 219 Å². The maximum absolute atomic E-state index is 13.3. The number of ether oxygens (including phenoxy) is 1. The van der Waals surface area contributed by atoms with Crippen molar-refractivity contribution in [1.29, 1.82) is 0 Å². The molecule has 38 heavy (non-hydrogen) atoms. The normalized spacial score (nSPS) is 16.8. The maximum Gasteiger partial charge on any atom is 0.247 e. The Morgan fingerprint density at radius 1 is 0.974 bits per heavy atom. The van der Waals surface area contributed by atoms with Gasteiger partial charge in [0.25, 0.3) is 0 Å². The Hall–Kier alpha value is -4.57. The van der Waals surface area contributed by atoms with Crippen LogP contribution in [0.2, 0.25) is 0 Å². The van der Waals surface area contributed by atoms with Crippen molar-refractivity contribution in [2.45, 2.75) is 31.6 Å². The zero-order valence-electron chi connectivity index (χ0n) is 20.5. The molecule has 0 radical (unpaired) electrons. The zero-order chi connectivity index (χ0) is 26.3. The van der Waals surface area contributed by atoms with Crippen LogP contribution in [0.3, 0.4) is 0 Å². The van der Waals surface area contributed by atoms with Crippen molar-refractivity contribution in [2.24, 2.45) is 0 Å². The van der Waals surface area contributed by atoms with Crippen LogP contribution in [-0.2, 0) is 22.7 Å². The fourth-order valence-corrected chi connectivity index (χ4v) is 4.38. The van der Waals surface area contributed by atoms with E-state index in [1.54, 1.807) is 29.2 Å². The molecular formula is C28H27FN6O3. The summed E-state index contributed by atoms with van der Waals surface area (Å²) in [5.41, 5.74) is 1.70. The Morgan fingerprint density at radius 3 is 2.37 bits per heavy atom. The van der Waals surface area contributed by atoms with Crippen LogP contribution in [0.5, 0.6) is 11.5 Å². The lowest BCUT2D eigenvalue weighted by atomic mass is 10.1. The van der Waals surface area contributed by atoms with Crippen LogP contribution in [0.25, 0.3) is 0 Å². The summed E-state index contributed by atoms with van der Waals surface area (Å²) in [7, 11) is 0. The Morgan fingerprint density at radius 2 is 1.68 bits per heavy atom. The highest BCUT2D eigenvalue weighted by Gasteiger charge is 2.39. The number of amides is 2. The van der Waals surface area contributed by atoms with Crippen LogP contribution in [0.4, 0.5) is 10.1 Å². The van der Waals surface area contributed by atoms with E-state index in [1.807, 2.05) is 30.3 Å². The van der Waals surface area contributed by atoms with Crippen LogP contribution >= 0.6 is 0 Å². The molecule has 1 aliphatic heterocycles. The van der Waals surface area contributed by atoms with Crippen LogP contribution in [0, 0.1) is 5.82 Å². The van der Waals surface area contributed by atoms with Gasteiger partial charge in [-0.3, -0.25) is 9.59 Å². The van der Waals surface area contributed by atoms with Crippen molar-refractivity contribution < 1.29 is 18.7 Å². The molecule has 5 rings (SSSR count). The number of rotatable bonds is 9. The van der Waals surface area contributed by atoms with Crippen molar-refractivity contribution in [2.75, 3.05) is 11.9 Å². The largest absolute Gasteiger partial charge is 0.457 e. The van der Waals surface area contributed by atoms with Crippen LogP contribution in [0.1, 0.15) is 12.0 Å². The first-order valence-corrected chi connectivity index (χ1v) is 12.3. The summed E-state index contributed by atoms with van der Waals surface area (Å²) >= 11 is 0. The van der Waals surface area contributed by atoms with Crippen LogP contribution in [-0.4, -0.2) is 50.1 Å². The summed E-state index contributed by atoms with van der Waals surface area (Å²) in [4.78, 5) is 31.9. The van der Waals surface area contributed by atoms with Crippen molar-refractivity contribution in [3.8, 4) is 11.5 Å². The minimum absolute atomic E-state index is 0.00457. The average molecular weight is 515 g/mol. The molecule has 2 atom stereocenters. The van der Waals surface area contributed by atoms with E-state index in [0.717, 1.165) is 5.56 Å². The molecule has 0 bridgehead atoms. The quantitative estimate of drug-likeness (QED) is 0.354. The number of anilines is 1. The smallest absolute Gasteiger partial charge is 0.247 e. The second-order valence-electron chi connectivity index (χ2n) is 9.02. The van der Waals surface area contributed by atoms with Crippen molar-refractivity contribution in [3.63, 3.8) is 0 Å². The predicted molar refractivity (Wildman–Crippen MR) is 139 cm³/mol. The Kier molecular flexibility index (Phi) is 7.70. The number of likely N-dealkylation sites (tertiary alicyclic amines) is 1. The van der Waals surface area contributed by atoms with E-state index in [-0.39, 0.29) is 30.2 Å². The van der Waals surface area contributed by atoms with Gasteiger partial charge in [-0.05, 0) is 60.5 Å². The maximum atomic E-state index is 13.3. The number of hydrogen-bond acceptors (Lipinski definition) is 6. The van der Waals surface area contributed by atoms with Gasteiger partial charge in [0, 0.05) is 24.8 Å². The molecule has 0 aliphatic carbocycles. The molecule has 1 aromatic heterocycles. The molecule has 0 spiro atoms. The Balaban J connectivity index is 1.24. The van der Waals surface area contributed by atoms with Gasteiger partial charge in [-0.1, -0.05) is 30.3 Å². The third kappa shape index (κ3) is 6.40. The van der Waals surface area contributed by atoms with Gasteiger partial charge in [0.15, 0.2) is 0 Å². The highest BCUT2D eigenvalue weighted by Crippen LogP contribution is 2.25. The number of nitrogens with zero attached hydrogens (tertiary/aromatic N) is 4. The lowest BCUT2D eigenvalue weighted by Gasteiger charge is -2.24. The summed E-state index contributed by atoms with van der Waals surface area (Å²) in [5.74, 6) is 0.236. The van der Waals surface area contributed by atoms with E-state index in [1.165, 1.54) is 41.6 Å². The third-order valence-electron chi connectivity index (χ3n) is 6.30. The standard InChI is InChI=1S/C28H27FN6O3/c29-21-6-10-24(11-7-21)38-25-12-8-22(9-13-25)33-28(37)26-14-23(31-15-20-4-2-1-3-5-20)16-35(26)27(36)17-34-19-30-18-32-34/h1-13,18-19,23,26,31H,14-17H2,(H,33,37). The van der Waals surface area contributed by atoms with E-state index >= 15 is 0 Å². The minimum Gasteiger partial charge on any atom is -0.457 e. The monoisotopic (exact) mass is 514 g/mol. The highest BCUT2D eigenvalue weighted by atomic mass is 19.1. The second-order valence-corrected chi connectivity index (χ2v) is 9.02. The summed E-state index contributed by atoms with van der Waals surface area (Å²) in [5, 5.41) is 10.4. The minimum atomic E-state index is -0.644. The first-order chi connectivity index (χ1) is 18.5. The lowest BCUT2D eigenvalue weighted by Crippen LogP contribution is -2.44. The lowest BCUT2D eigenvalue weighted by molar-refractivity contribution is -0.137.